The van der Waals surface area contributed by atoms with Gasteiger partial charge in [-0.1, -0.05) is 20.4 Å². The molecule has 0 aromatic rings. The number of likely N-dealkylation sites (tertiary alicyclic amines) is 1. The summed E-state index contributed by atoms with van der Waals surface area (Å²) in [4.78, 5) is 13.2. The largest absolute Gasteiger partial charge is 0.369 e. The van der Waals surface area contributed by atoms with Crippen LogP contribution in [-0.4, -0.2) is 29.7 Å². The van der Waals surface area contributed by atoms with Gasteiger partial charge in [0.05, 0.1) is 5.70 Å². The first kappa shape index (κ1) is 12.1. The first-order valence-corrected chi connectivity index (χ1v) is 5.19. The maximum absolute atomic E-state index is 12.9. The van der Waals surface area contributed by atoms with Gasteiger partial charge in [0.1, 0.15) is 0 Å². The zero-order valence-electron chi connectivity index (χ0n) is 9.22. The summed E-state index contributed by atoms with van der Waals surface area (Å²) in [6.45, 7) is 7.70. The Balaban J connectivity index is 2.54. The zero-order chi connectivity index (χ0) is 11.6. The fourth-order valence-corrected chi connectivity index (χ4v) is 1.59. The van der Waals surface area contributed by atoms with Gasteiger partial charge in [-0.25, -0.2) is 8.78 Å². The van der Waals surface area contributed by atoms with E-state index in [1.54, 1.807) is 18.7 Å². The molecule has 1 heterocycles. The lowest BCUT2D eigenvalue weighted by molar-refractivity contribution is -0.121. The molecule has 0 spiro atoms. The van der Waals surface area contributed by atoms with Crippen molar-refractivity contribution in [2.24, 2.45) is 5.92 Å². The van der Waals surface area contributed by atoms with Crippen molar-refractivity contribution in [3.05, 3.63) is 12.3 Å². The highest BCUT2D eigenvalue weighted by Gasteiger charge is 2.35. The second-order valence-electron chi connectivity index (χ2n) is 4.31. The van der Waals surface area contributed by atoms with Crippen molar-refractivity contribution in [3.8, 4) is 0 Å². The van der Waals surface area contributed by atoms with Crippen LogP contribution >= 0.6 is 0 Å². The summed E-state index contributed by atoms with van der Waals surface area (Å²) < 4.78 is 25.7. The smallest absolute Gasteiger partial charge is 0.251 e. The van der Waals surface area contributed by atoms with E-state index < -0.39 is 5.92 Å². The third-order valence-electron chi connectivity index (χ3n) is 2.69. The van der Waals surface area contributed by atoms with Crippen LogP contribution in [0.5, 0.6) is 0 Å². The van der Waals surface area contributed by atoms with Crippen LogP contribution in [0, 0.1) is 5.92 Å². The minimum Gasteiger partial charge on any atom is -0.369 e. The standard InChI is InChI=1S/C11H17F2NO/c1-8(2)10(15)9(3)14-6-4-11(12,13)5-7-14/h8H,3-7H2,1-2H3. The highest BCUT2D eigenvalue weighted by atomic mass is 19.3. The number of carbonyl (C=O) groups is 1. The molecule has 15 heavy (non-hydrogen) atoms. The lowest BCUT2D eigenvalue weighted by atomic mass is 10.0. The molecule has 0 amide bonds. The Kier molecular flexibility index (Phi) is 3.47. The van der Waals surface area contributed by atoms with Crippen LogP contribution < -0.4 is 0 Å². The molecule has 1 rings (SSSR count). The van der Waals surface area contributed by atoms with Gasteiger partial charge in [-0.15, -0.1) is 0 Å². The van der Waals surface area contributed by atoms with E-state index in [2.05, 4.69) is 6.58 Å². The highest BCUT2D eigenvalue weighted by molar-refractivity contribution is 5.95. The number of piperidine rings is 1. The second kappa shape index (κ2) is 4.29. The predicted molar refractivity (Wildman–Crippen MR) is 54.7 cm³/mol. The fraction of sp³-hybridized carbons (Fsp3) is 0.727. The summed E-state index contributed by atoms with van der Waals surface area (Å²) >= 11 is 0. The average Bonchev–Trinajstić information content (AvgIpc) is 2.15. The van der Waals surface area contributed by atoms with E-state index in [-0.39, 0.29) is 37.6 Å². The molecule has 2 nitrogen and oxygen atoms in total. The molecule has 0 aromatic heterocycles. The monoisotopic (exact) mass is 217 g/mol. The zero-order valence-corrected chi connectivity index (χ0v) is 9.22. The van der Waals surface area contributed by atoms with Gasteiger partial charge in [0.2, 0.25) is 0 Å². The molecule has 1 aliphatic rings. The molecular formula is C11H17F2NO. The van der Waals surface area contributed by atoms with E-state index in [1.807, 2.05) is 0 Å². The van der Waals surface area contributed by atoms with E-state index in [1.165, 1.54) is 0 Å². The van der Waals surface area contributed by atoms with Crippen LogP contribution in [0.2, 0.25) is 0 Å². The molecule has 0 radical (unpaired) electrons. The summed E-state index contributed by atoms with van der Waals surface area (Å²) in [5.74, 6) is -2.75. The first-order valence-electron chi connectivity index (χ1n) is 5.19. The Hall–Kier alpha value is -0.930. The lowest BCUT2D eigenvalue weighted by Gasteiger charge is -2.34. The number of nitrogens with zero attached hydrogens (tertiary/aromatic N) is 1. The molecule has 0 aliphatic carbocycles. The molecule has 0 unspecified atom stereocenters. The molecule has 0 aromatic carbocycles. The molecule has 0 N–H and O–H groups in total. The van der Waals surface area contributed by atoms with Crippen molar-refractivity contribution in [3.63, 3.8) is 0 Å². The van der Waals surface area contributed by atoms with Crippen molar-refractivity contribution in [1.29, 1.82) is 0 Å². The Morgan fingerprint density at radius 3 is 2.20 bits per heavy atom. The van der Waals surface area contributed by atoms with Crippen LogP contribution in [0.4, 0.5) is 8.78 Å². The maximum Gasteiger partial charge on any atom is 0.251 e. The third kappa shape index (κ3) is 3.01. The summed E-state index contributed by atoms with van der Waals surface area (Å²) in [5.41, 5.74) is 0.375. The Morgan fingerprint density at radius 1 is 1.33 bits per heavy atom. The lowest BCUT2D eigenvalue weighted by Crippen LogP contribution is -2.40. The van der Waals surface area contributed by atoms with Crippen molar-refractivity contribution < 1.29 is 13.6 Å². The number of rotatable bonds is 3. The number of hydrogen-bond donors (Lipinski definition) is 0. The van der Waals surface area contributed by atoms with Crippen molar-refractivity contribution in [2.45, 2.75) is 32.6 Å². The maximum atomic E-state index is 12.9. The van der Waals surface area contributed by atoms with Crippen LogP contribution in [0.25, 0.3) is 0 Å². The summed E-state index contributed by atoms with van der Waals surface area (Å²) in [6, 6.07) is 0. The molecule has 4 heteroatoms. The number of carbonyl (C=O) groups excluding carboxylic acids is 1. The summed E-state index contributed by atoms with van der Waals surface area (Å²) in [7, 11) is 0. The fourth-order valence-electron chi connectivity index (χ4n) is 1.59. The second-order valence-corrected chi connectivity index (χ2v) is 4.31. The molecule has 1 aliphatic heterocycles. The number of hydrogen-bond acceptors (Lipinski definition) is 2. The molecule has 0 saturated carbocycles. The van der Waals surface area contributed by atoms with E-state index in [9.17, 15) is 13.6 Å². The van der Waals surface area contributed by atoms with Gasteiger partial charge in [-0.05, 0) is 0 Å². The van der Waals surface area contributed by atoms with Crippen molar-refractivity contribution >= 4 is 5.78 Å². The molecule has 0 atom stereocenters. The van der Waals surface area contributed by atoms with Gasteiger partial charge in [-0.3, -0.25) is 4.79 Å². The van der Waals surface area contributed by atoms with Crippen molar-refractivity contribution in [1.82, 2.24) is 4.90 Å². The van der Waals surface area contributed by atoms with E-state index in [0.29, 0.717) is 5.70 Å². The Morgan fingerprint density at radius 2 is 1.80 bits per heavy atom. The quantitative estimate of drug-likeness (QED) is 0.677. The van der Waals surface area contributed by atoms with Gasteiger partial charge in [0.25, 0.3) is 5.92 Å². The SMILES string of the molecule is C=C(C(=O)C(C)C)N1CCC(F)(F)CC1. The van der Waals surface area contributed by atoms with Gasteiger partial charge in [-0.2, -0.15) is 0 Å². The van der Waals surface area contributed by atoms with E-state index >= 15 is 0 Å². The van der Waals surface area contributed by atoms with Gasteiger partial charge in [0, 0.05) is 31.8 Å². The van der Waals surface area contributed by atoms with E-state index in [0.717, 1.165) is 0 Å². The summed E-state index contributed by atoms with van der Waals surface area (Å²) in [6.07, 6.45) is -0.366. The minimum absolute atomic E-state index is 0.0554. The topological polar surface area (TPSA) is 20.3 Å². The van der Waals surface area contributed by atoms with Gasteiger partial charge < -0.3 is 4.90 Å². The number of alkyl halides is 2. The van der Waals surface area contributed by atoms with Crippen LogP contribution in [0.15, 0.2) is 12.3 Å². The van der Waals surface area contributed by atoms with Crippen LogP contribution in [0.3, 0.4) is 0 Å². The van der Waals surface area contributed by atoms with Crippen LogP contribution in [-0.2, 0) is 4.79 Å². The van der Waals surface area contributed by atoms with E-state index in [4.69, 9.17) is 0 Å². The molecule has 1 saturated heterocycles. The molecular weight excluding hydrogens is 200 g/mol. The average molecular weight is 217 g/mol. The highest BCUT2D eigenvalue weighted by Crippen LogP contribution is 2.29. The number of allylic oxidation sites excluding steroid dienone is 1. The molecule has 86 valence electrons. The van der Waals surface area contributed by atoms with Crippen molar-refractivity contribution in [2.75, 3.05) is 13.1 Å². The predicted octanol–water partition coefficient (Wildman–Crippen LogP) is 2.46. The minimum atomic E-state index is -2.57. The third-order valence-corrected chi connectivity index (χ3v) is 2.69. The number of Topliss-reactive ketones (excluding diaryl/α,β-unsaturated/α-hetero) is 1. The normalized spacial score (nSPS) is 20.5. The molecule has 1 fully saturated rings. The summed E-state index contributed by atoms with van der Waals surface area (Å²) in [5, 5.41) is 0. The van der Waals surface area contributed by atoms with Gasteiger partial charge >= 0.3 is 0 Å². The number of ketones is 1. The molecule has 0 bridgehead atoms. The Labute approximate surface area is 88.9 Å². The van der Waals surface area contributed by atoms with Gasteiger partial charge in [0.15, 0.2) is 5.78 Å². The first-order chi connectivity index (χ1) is 6.83. The van der Waals surface area contributed by atoms with Crippen LogP contribution in [0.1, 0.15) is 26.7 Å². The Bertz CT molecular complexity index is 264. The number of halogens is 2.